The molecule has 1 rings (SSSR count). The van der Waals surface area contributed by atoms with E-state index >= 15 is 0 Å². The molecule has 0 saturated heterocycles. The molecule has 6 heteroatoms. The maximum atomic E-state index is 12.6. The number of nitrogens with zero attached hydrogens (tertiary/aromatic N) is 1. The van der Waals surface area contributed by atoms with E-state index in [0.29, 0.717) is 12.1 Å². The van der Waals surface area contributed by atoms with Crippen LogP contribution < -0.4 is 0 Å². The Morgan fingerprint density at radius 3 is 2.38 bits per heavy atom. The second kappa shape index (κ2) is 3.85. The lowest BCUT2D eigenvalue weighted by Gasteiger charge is -2.12. The zero-order chi connectivity index (χ0) is 12.5. The molecule has 1 aromatic carbocycles. The highest BCUT2D eigenvalue weighted by atomic mass is 19.4. The molecule has 0 unspecified atom stereocenters. The van der Waals surface area contributed by atoms with E-state index in [-0.39, 0.29) is 0 Å². The number of alkyl halides is 3. The minimum absolute atomic E-state index is 0.547. The summed E-state index contributed by atoms with van der Waals surface area (Å²) in [5, 5.41) is 17.6. The van der Waals surface area contributed by atoms with Crippen molar-refractivity contribution in [2.24, 2.45) is 0 Å². The van der Waals surface area contributed by atoms with E-state index in [1.54, 1.807) is 0 Å². The van der Waals surface area contributed by atoms with Crippen molar-refractivity contribution in [1.82, 2.24) is 0 Å². The maximum Gasteiger partial charge on any atom is 0.418 e. The third kappa shape index (κ3) is 2.14. The standard InChI is InChI=1S/C10H6F3NO2/c1-5(15)8-3-7(16)2-6(4-14)9(8)10(11,12)13/h2-3,16H,1H3. The predicted molar refractivity (Wildman–Crippen MR) is 47.8 cm³/mol. The second-order valence-electron chi connectivity index (χ2n) is 3.08. The normalized spacial score (nSPS) is 10.9. The Kier molecular flexibility index (Phi) is 2.90. The minimum Gasteiger partial charge on any atom is -0.508 e. The summed E-state index contributed by atoms with van der Waals surface area (Å²) in [6.45, 7) is 0.936. The van der Waals surface area contributed by atoms with E-state index in [4.69, 9.17) is 10.4 Å². The van der Waals surface area contributed by atoms with Gasteiger partial charge in [0.05, 0.1) is 17.2 Å². The summed E-state index contributed by atoms with van der Waals surface area (Å²) < 4.78 is 37.8. The molecule has 0 heterocycles. The lowest BCUT2D eigenvalue weighted by Crippen LogP contribution is -2.14. The predicted octanol–water partition coefficient (Wildman–Crippen LogP) is 2.49. The van der Waals surface area contributed by atoms with E-state index in [9.17, 15) is 18.0 Å². The highest BCUT2D eigenvalue weighted by Crippen LogP contribution is 2.36. The van der Waals surface area contributed by atoms with Crippen molar-refractivity contribution in [2.75, 3.05) is 0 Å². The van der Waals surface area contributed by atoms with Gasteiger partial charge in [-0.15, -0.1) is 0 Å². The Hall–Kier alpha value is -2.03. The molecule has 0 fully saturated rings. The molecule has 0 aliphatic rings. The number of ketones is 1. The van der Waals surface area contributed by atoms with Gasteiger partial charge in [0.25, 0.3) is 0 Å². The summed E-state index contributed by atoms with van der Waals surface area (Å²) in [4.78, 5) is 11.0. The summed E-state index contributed by atoms with van der Waals surface area (Å²) in [7, 11) is 0. The van der Waals surface area contributed by atoms with Crippen LogP contribution in [0.1, 0.15) is 28.4 Å². The third-order valence-corrected chi connectivity index (χ3v) is 1.91. The Balaban J connectivity index is 3.67. The van der Waals surface area contributed by atoms with Gasteiger partial charge in [-0.2, -0.15) is 18.4 Å². The molecule has 0 aliphatic heterocycles. The van der Waals surface area contributed by atoms with Crippen LogP contribution in [-0.4, -0.2) is 10.9 Å². The Morgan fingerprint density at radius 2 is 2.00 bits per heavy atom. The van der Waals surface area contributed by atoms with E-state index < -0.39 is 34.4 Å². The number of benzene rings is 1. The van der Waals surface area contributed by atoms with Gasteiger partial charge in [-0.25, -0.2) is 0 Å². The second-order valence-corrected chi connectivity index (χ2v) is 3.08. The van der Waals surface area contributed by atoms with Crippen molar-refractivity contribution in [1.29, 1.82) is 5.26 Å². The number of aromatic hydroxyl groups is 1. The van der Waals surface area contributed by atoms with E-state index in [1.807, 2.05) is 0 Å². The fraction of sp³-hybridized carbons (Fsp3) is 0.200. The molecule has 16 heavy (non-hydrogen) atoms. The number of hydrogen-bond donors (Lipinski definition) is 1. The Labute approximate surface area is 88.7 Å². The van der Waals surface area contributed by atoms with E-state index in [0.717, 1.165) is 6.92 Å². The van der Waals surface area contributed by atoms with Crippen molar-refractivity contribution in [2.45, 2.75) is 13.1 Å². The highest BCUT2D eigenvalue weighted by molar-refractivity contribution is 5.96. The summed E-state index contributed by atoms with van der Waals surface area (Å²) in [5.74, 6) is -1.41. The fourth-order valence-corrected chi connectivity index (χ4v) is 1.30. The van der Waals surface area contributed by atoms with Crippen LogP contribution in [0.5, 0.6) is 5.75 Å². The number of nitriles is 1. The molecule has 84 valence electrons. The van der Waals surface area contributed by atoms with Gasteiger partial charge in [-0.1, -0.05) is 0 Å². The van der Waals surface area contributed by atoms with E-state index in [2.05, 4.69) is 0 Å². The van der Waals surface area contributed by atoms with Crippen LogP contribution in [0.2, 0.25) is 0 Å². The minimum atomic E-state index is -4.81. The Morgan fingerprint density at radius 1 is 1.44 bits per heavy atom. The summed E-state index contributed by atoms with van der Waals surface area (Å²) in [6, 6.07) is 2.68. The van der Waals surface area contributed by atoms with Gasteiger partial charge < -0.3 is 5.11 Å². The number of halogens is 3. The molecule has 0 saturated carbocycles. The molecule has 0 bridgehead atoms. The quantitative estimate of drug-likeness (QED) is 0.752. The van der Waals surface area contributed by atoms with Gasteiger partial charge in [0, 0.05) is 5.56 Å². The molecule has 0 aliphatic carbocycles. The number of phenolic OH excluding ortho intramolecular Hbond substituents is 1. The number of hydrogen-bond acceptors (Lipinski definition) is 3. The monoisotopic (exact) mass is 229 g/mol. The molecular weight excluding hydrogens is 223 g/mol. The maximum absolute atomic E-state index is 12.6. The molecule has 0 aromatic heterocycles. The molecular formula is C10H6F3NO2. The first-order valence-corrected chi connectivity index (χ1v) is 4.12. The largest absolute Gasteiger partial charge is 0.508 e. The first-order valence-electron chi connectivity index (χ1n) is 4.12. The third-order valence-electron chi connectivity index (χ3n) is 1.91. The number of carbonyl (C=O) groups is 1. The van der Waals surface area contributed by atoms with Gasteiger partial charge in [0.15, 0.2) is 5.78 Å². The van der Waals surface area contributed by atoms with Crippen LogP contribution in [0, 0.1) is 11.3 Å². The van der Waals surface area contributed by atoms with Crippen molar-refractivity contribution in [3.8, 4) is 11.8 Å². The molecule has 0 atom stereocenters. The highest BCUT2D eigenvalue weighted by Gasteiger charge is 2.37. The van der Waals surface area contributed by atoms with Crippen LogP contribution in [0.15, 0.2) is 12.1 Å². The van der Waals surface area contributed by atoms with Gasteiger partial charge in [0.2, 0.25) is 0 Å². The molecule has 1 aromatic rings. The molecule has 0 amide bonds. The van der Waals surface area contributed by atoms with Crippen molar-refractivity contribution in [3.63, 3.8) is 0 Å². The first kappa shape index (κ1) is 12.0. The number of Topliss-reactive ketones (excluding diaryl/α,β-unsaturated/α-hetero) is 1. The lowest BCUT2D eigenvalue weighted by molar-refractivity contribution is -0.138. The topological polar surface area (TPSA) is 61.1 Å². The van der Waals surface area contributed by atoms with Gasteiger partial charge >= 0.3 is 6.18 Å². The number of carbonyl (C=O) groups excluding carboxylic acids is 1. The number of rotatable bonds is 1. The average Bonchev–Trinajstić information content (AvgIpc) is 2.14. The lowest BCUT2D eigenvalue weighted by atomic mass is 9.98. The molecule has 1 N–H and O–H groups in total. The van der Waals surface area contributed by atoms with Gasteiger partial charge in [-0.3, -0.25) is 4.79 Å². The molecule has 0 spiro atoms. The van der Waals surface area contributed by atoms with E-state index in [1.165, 1.54) is 6.07 Å². The van der Waals surface area contributed by atoms with Crippen molar-refractivity contribution in [3.05, 3.63) is 28.8 Å². The fourth-order valence-electron chi connectivity index (χ4n) is 1.30. The number of phenols is 1. The summed E-state index contributed by atoms with van der Waals surface area (Å²) in [6.07, 6.45) is -4.81. The van der Waals surface area contributed by atoms with Crippen LogP contribution in [-0.2, 0) is 6.18 Å². The van der Waals surface area contributed by atoms with Gasteiger partial charge in [-0.05, 0) is 19.1 Å². The van der Waals surface area contributed by atoms with Crippen molar-refractivity contribution < 1.29 is 23.1 Å². The molecule has 0 radical (unpaired) electrons. The smallest absolute Gasteiger partial charge is 0.418 e. The first-order chi connectivity index (χ1) is 7.27. The zero-order valence-corrected chi connectivity index (χ0v) is 8.09. The van der Waals surface area contributed by atoms with Crippen LogP contribution in [0.3, 0.4) is 0 Å². The summed E-state index contributed by atoms with van der Waals surface area (Å²) in [5.41, 5.74) is -2.78. The Bertz CT molecular complexity index is 486. The zero-order valence-electron chi connectivity index (χ0n) is 8.09. The SMILES string of the molecule is CC(=O)c1cc(O)cc(C#N)c1C(F)(F)F. The average molecular weight is 229 g/mol. The summed E-state index contributed by atoms with van der Waals surface area (Å²) >= 11 is 0. The van der Waals surface area contributed by atoms with Crippen molar-refractivity contribution >= 4 is 5.78 Å². The molecule has 3 nitrogen and oxygen atoms in total. The van der Waals surface area contributed by atoms with Crippen LogP contribution >= 0.6 is 0 Å². The van der Waals surface area contributed by atoms with Gasteiger partial charge in [0.1, 0.15) is 5.75 Å². The van der Waals surface area contributed by atoms with Crippen LogP contribution in [0.4, 0.5) is 13.2 Å². The van der Waals surface area contributed by atoms with Crippen LogP contribution in [0.25, 0.3) is 0 Å².